The molecule has 0 aliphatic rings. The molecule has 0 aliphatic carbocycles. The van der Waals surface area contributed by atoms with Gasteiger partial charge in [-0.1, -0.05) is 42.0 Å². The van der Waals surface area contributed by atoms with E-state index in [2.05, 4.69) is 26.0 Å². The number of hydrogen-bond donors (Lipinski definition) is 3. The number of carboxylic acids is 1. The van der Waals surface area contributed by atoms with Crippen LogP contribution in [0.15, 0.2) is 70.0 Å². The van der Waals surface area contributed by atoms with E-state index < -0.39 is 27.9 Å². The Labute approximate surface area is 207 Å². The number of carbonyl (C=O) groups is 2. The lowest BCUT2D eigenvalue weighted by Gasteiger charge is -2.16. The van der Waals surface area contributed by atoms with Gasteiger partial charge in [0.25, 0.3) is 15.9 Å². The maximum atomic E-state index is 12.9. The van der Waals surface area contributed by atoms with Crippen molar-refractivity contribution in [3.63, 3.8) is 0 Å². The van der Waals surface area contributed by atoms with Crippen LogP contribution in [0.4, 0.5) is 5.69 Å². The van der Waals surface area contributed by atoms with Crippen LogP contribution in [0.25, 0.3) is 0 Å². The van der Waals surface area contributed by atoms with Gasteiger partial charge in [-0.05, 0) is 77.7 Å². The molecule has 7 nitrogen and oxygen atoms in total. The molecule has 0 spiro atoms. The van der Waals surface area contributed by atoms with Gasteiger partial charge in [-0.2, -0.15) is 0 Å². The predicted molar refractivity (Wildman–Crippen MR) is 135 cm³/mol. The first-order valence-corrected chi connectivity index (χ1v) is 12.7. The Morgan fingerprint density at radius 2 is 1.56 bits per heavy atom. The first-order valence-electron chi connectivity index (χ1n) is 10.5. The molecular weight excluding hydrogens is 520 g/mol. The normalized spacial score (nSPS) is 12.1. The highest BCUT2D eigenvalue weighted by Gasteiger charge is 2.23. The standard InChI is InChI=1S/C25H25BrN2O5S/c1-15-12-16(2)23(17(3)13-15)34(32,33)28-19-10-8-18(9-11-19)14-22(25(30)31)27-24(29)20-6-4-5-7-21(20)26/h4-13,22,28H,14H2,1-3H3,(H,27,29)(H,30,31)/t22-/m0/s1. The van der Waals surface area contributed by atoms with Crippen molar-refractivity contribution in [1.82, 2.24) is 5.32 Å². The van der Waals surface area contributed by atoms with Gasteiger partial charge < -0.3 is 10.4 Å². The van der Waals surface area contributed by atoms with Crippen LogP contribution in [-0.4, -0.2) is 31.4 Å². The van der Waals surface area contributed by atoms with E-state index in [1.807, 2.05) is 19.1 Å². The first-order chi connectivity index (χ1) is 16.0. The van der Waals surface area contributed by atoms with Gasteiger partial charge in [0.2, 0.25) is 0 Å². The zero-order valence-corrected chi connectivity index (χ0v) is 21.3. The number of amides is 1. The van der Waals surface area contributed by atoms with Gasteiger partial charge in [0.15, 0.2) is 0 Å². The largest absolute Gasteiger partial charge is 0.480 e. The number of benzene rings is 3. The first kappa shape index (κ1) is 25.5. The van der Waals surface area contributed by atoms with Crippen LogP contribution < -0.4 is 10.0 Å². The molecule has 3 aromatic rings. The molecule has 0 bridgehead atoms. The summed E-state index contributed by atoms with van der Waals surface area (Å²) < 4.78 is 29.0. The minimum absolute atomic E-state index is 0.0364. The summed E-state index contributed by atoms with van der Waals surface area (Å²) in [5.74, 6) is -1.68. The summed E-state index contributed by atoms with van der Waals surface area (Å²) in [6.45, 7) is 5.42. The summed E-state index contributed by atoms with van der Waals surface area (Å²) in [6.07, 6.45) is 0.0364. The predicted octanol–water partition coefficient (Wildman–Crippen LogP) is 4.60. The lowest BCUT2D eigenvalue weighted by atomic mass is 10.0. The maximum absolute atomic E-state index is 12.9. The molecule has 3 aromatic carbocycles. The van der Waals surface area contributed by atoms with Gasteiger partial charge in [-0.15, -0.1) is 0 Å². The van der Waals surface area contributed by atoms with Crippen molar-refractivity contribution >= 4 is 43.5 Å². The van der Waals surface area contributed by atoms with Crippen LogP contribution in [0.5, 0.6) is 0 Å². The van der Waals surface area contributed by atoms with E-state index in [-0.39, 0.29) is 11.3 Å². The van der Waals surface area contributed by atoms with Gasteiger partial charge in [0.05, 0.1) is 10.5 Å². The second-order valence-electron chi connectivity index (χ2n) is 8.08. The highest BCUT2D eigenvalue weighted by molar-refractivity contribution is 9.10. The Bertz CT molecular complexity index is 1310. The molecule has 9 heteroatoms. The molecule has 0 aliphatic heterocycles. The lowest BCUT2D eigenvalue weighted by molar-refractivity contribution is -0.139. The van der Waals surface area contributed by atoms with Crippen LogP contribution in [0.1, 0.15) is 32.6 Å². The monoisotopic (exact) mass is 544 g/mol. The van der Waals surface area contributed by atoms with E-state index >= 15 is 0 Å². The quantitative estimate of drug-likeness (QED) is 0.383. The molecule has 3 N–H and O–H groups in total. The highest BCUT2D eigenvalue weighted by atomic mass is 79.9. The minimum Gasteiger partial charge on any atom is -0.480 e. The molecule has 0 radical (unpaired) electrons. The third-order valence-corrected chi connectivity index (χ3v) is 7.62. The van der Waals surface area contributed by atoms with E-state index in [9.17, 15) is 23.1 Å². The number of anilines is 1. The highest BCUT2D eigenvalue weighted by Crippen LogP contribution is 2.25. The van der Waals surface area contributed by atoms with Crippen LogP contribution >= 0.6 is 15.9 Å². The van der Waals surface area contributed by atoms with E-state index in [0.29, 0.717) is 32.4 Å². The van der Waals surface area contributed by atoms with Crippen molar-refractivity contribution in [2.24, 2.45) is 0 Å². The number of rotatable bonds is 8. The van der Waals surface area contributed by atoms with Gasteiger partial charge in [0.1, 0.15) is 6.04 Å². The summed E-state index contributed by atoms with van der Waals surface area (Å²) >= 11 is 3.29. The van der Waals surface area contributed by atoms with Crippen molar-refractivity contribution in [3.8, 4) is 0 Å². The number of carbonyl (C=O) groups excluding carboxylic acids is 1. The Balaban J connectivity index is 1.74. The molecule has 0 aromatic heterocycles. The van der Waals surface area contributed by atoms with Crippen LogP contribution in [0.3, 0.4) is 0 Å². The summed E-state index contributed by atoms with van der Waals surface area (Å²) in [6, 6.07) is 15.6. The molecular formula is C25H25BrN2O5S. The maximum Gasteiger partial charge on any atom is 0.326 e. The summed E-state index contributed by atoms with van der Waals surface area (Å²) in [5, 5.41) is 12.1. The number of hydrogen-bond acceptors (Lipinski definition) is 4. The molecule has 1 amide bonds. The van der Waals surface area contributed by atoms with Crippen LogP contribution in [0.2, 0.25) is 0 Å². The zero-order valence-electron chi connectivity index (χ0n) is 18.9. The molecule has 34 heavy (non-hydrogen) atoms. The van der Waals surface area contributed by atoms with Crippen molar-refractivity contribution in [2.45, 2.75) is 38.1 Å². The van der Waals surface area contributed by atoms with Crippen molar-refractivity contribution in [3.05, 3.63) is 93.0 Å². The Kier molecular flexibility index (Phi) is 7.78. The molecule has 178 valence electrons. The molecule has 0 saturated carbocycles. The third kappa shape index (κ3) is 6.03. The average molecular weight is 545 g/mol. The van der Waals surface area contributed by atoms with Gasteiger partial charge in [-0.3, -0.25) is 9.52 Å². The fraction of sp³-hybridized carbons (Fsp3) is 0.200. The second kappa shape index (κ2) is 10.4. The van der Waals surface area contributed by atoms with Crippen LogP contribution in [-0.2, 0) is 21.2 Å². The Morgan fingerprint density at radius 3 is 2.12 bits per heavy atom. The Morgan fingerprint density at radius 1 is 0.971 bits per heavy atom. The van der Waals surface area contributed by atoms with Gasteiger partial charge in [0, 0.05) is 16.6 Å². The molecule has 3 rings (SSSR count). The average Bonchev–Trinajstić information content (AvgIpc) is 2.73. The number of carboxylic acid groups (broad SMARTS) is 1. The fourth-order valence-electron chi connectivity index (χ4n) is 3.82. The SMILES string of the molecule is Cc1cc(C)c(S(=O)(=O)Nc2ccc(C[C@H](NC(=O)c3ccccc3Br)C(=O)O)cc2)c(C)c1. The molecule has 0 fully saturated rings. The summed E-state index contributed by atoms with van der Waals surface area (Å²) in [4.78, 5) is 24.5. The van der Waals surface area contributed by atoms with E-state index in [1.54, 1.807) is 62.4 Å². The van der Waals surface area contributed by atoms with Crippen LogP contribution in [0, 0.1) is 20.8 Å². The zero-order chi connectivity index (χ0) is 25.0. The van der Waals surface area contributed by atoms with Gasteiger partial charge in [-0.25, -0.2) is 13.2 Å². The van der Waals surface area contributed by atoms with E-state index in [4.69, 9.17) is 0 Å². The lowest BCUT2D eigenvalue weighted by Crippen LogP contribution is -2.42. The summed E-state index contributed by atoms with van der Waals surface area (Å²) in [7, 11) is -3.80. The van der Waals surface area contributed by atoms with Crippen molar-refractivity contribution in [1.29, 1.82) is 0 Å². The second-order valence-corrected chi connectivity index (χ2v) is 10.6. The number of halogens is 1. The van der Waals surface area contributed by atoms with Gasteiger partial charge >= 0.3 is 5.97 Å². The molecule has 0 heterocycles. The van der Waals surface area contributed by atoms with Crippen molar-refractivity contribution < 1.29 is 23.1 Å². The van der Waals surface area contributed by atoms with E-state index in [0.717, 1.165) is 5.56 Å². The molecule has 1 atom stereocenters. The minimum atomic E-state index is -3.80. The van der Waals surface area contributed by atoms with E-state index in [1.165, 1.54) is 0 Å². The number of nitrogens with one attached hydrogen (secondary N) is 2. The topological polar surface area (TPSA) is 113 Å². The third-order valence-electron chi connectivity index (χ3n) is 5.24. The number of aliphatic carboxylic acids is 1. The number of sulfonamides is 1. The Hall–Kier alpha value is -3.17. The molecule has 0 unspecified atom stereocenters. The summed E-state index contributed by atoms with van der Waals surface area (Å²) in [5.41, 5.74) is 3.62. The number of aryl methyl sites for hydroxylation is 3. The molecule has 0 saturated heterocycles. The smallest absolute Gasteiger partial charge is 0.326 e. The fourth-order valence-corrected chi connectivity index (χ4v) is 5.80. The van der Waals surface area contributed by atoms with Crippen molar-refractivity contribution in [2.75, 3.05) is 4.72 Å².